The number of fused-ring (bicyclic) bond motifs is 1. The van der Waals surface area contributed by atoms with E-state index in [4.69, 9.17) is 16.0 Å². The number of amides is 1. The number of oxazole rings is 1. The van der Waals surface area contributed by atoms with Crippen molar-refractivity contribution in [3.05, 3.63) is 29.1 Å². The van der Waals surface area contributed by atoms with Crippen molar-refractivity contribution in [2.75, 3.05) is 25.1 Å². The van der Waals surface area contributed by atoms with Crippen LogP contribution in [0.15, 0.2) is 22.6 Å². The molecule has 0 atom stereocenters. The highest BCUT2D eigenvalue weighted by atomic mass is 35.5. The van der Waals surface area contributed by atoms with E-state index in [-0.39, 0.29) is 11.8 Å². The lowest BCUT2D eigenvalue weighted by molar-refractivity contribution is -0.129. The van der Waals surface area contributed by atoms with Gasteiger partial charge in [0.15, 0.2) is 11.5 Å². The van der Waals surface area contributed by atoms with Gasteiger partial charge in [0.05, 0.1) is 5.75 Å². The topological polar surface area (TPSA) is 46.3 Å². The fourth-order valence-electron chi connectivity index (χ4n) is 2.68. The monoisotopic (exact) mass is 324 g/mol. The van der Waals surface area contributed by atoms with Gasteiger partial charge in [-0.05, 0) is 37.3 Å². The van der Waals surface area contributed by atoms with E-state index in [0.29, 0.717) is 10.8 Å². The number of likely N-dealkylation sites (tertiary alicyclic amines) is 1. The van der Waals surface area contributed by atoms with Crippen LogP contribution in [0.25, 0.3) is 11.1 Å². The van der Waals surface area contributed by atoms with E-state index in [1.54, 1.807) is 11.8 Å². The third-order valence-electron chi connectivity index (χ3n) is 3.83. The van der Waals surface area contributed by atoms with E-state index in [2.05, 4.69) is 4.98 Å². The molecular formula is C15H17ClN2O2S. The van der Waals surface area contributed by atoms with Crippen LogP contribution in [0.3, 0.4) is 0 Å². The number of benzene rings is 1. The number of hydrogen-bond acceptors (Lipinski definition) is 4. The van der Waals surface area contributed by atoms with Gasteiger partial charge in [-0.25, -0.2) is 4.98 Å². The number of piperidine rings is 1. The Morgan fingerprint density at radius 2 is 2.24 bits per heavy atom. The molecule has 4 nitrogen and oxygen atoms in total. The average molecular weight is 325 g/mol. The van der Waals surface area contributed by atoms with Gasteiger partial charge in [0, 0.05) is 24.0 Å². The Balaban J connectivity index is 1.69. The normalized spacial score (nSPS) is 16.6. The van der Waals surface area contributed by atoms with Gasteiger partial charge in [0.2, 0.25) is 5.91 Å². The van der Waals surface area contributed by atoms with Crippen molar-refractivity contribution in [3.8, 4) is 0 Å². The SMILES string of the molecule is CSCC(=O)N1CCC(c2nc3cc(Cl)ccc3o2)CC1. The molecule has 0 radical (unpaired) electrons. The summed E-state index contributed by atoms with van der Waals surface area (Å²) < 4.78 is 5.83. The minimum absolute atomic E-state index is 0.227. The Morgan fingerprint density at radius 1 is 1.48 bits per heavy atom. The lowest BCUT2D eigenvalue weighted by Gasteiger charge is -2.30. The van der Waals surface area contributed by atoms with Gasteiger partial charge < -0.3 is 9.32 Å². The lowest BCUT2D eigenvalue weighted by atomic mass is 9.97. The summed E-state index contributed by atoms with van der Waals surface area (Å²) in [5.41, 5.74) is 1.58. The van der Waals surface area contributed by atoms with Crippen molar-refractivity contribution in [1.29, 1.82) is 0 Å². The zero-order valence-corrected chi connectivity index (χ0v) is 13.4. The summed E-state index contributed by atoms with van der Waals surface area (Å²) >= 11 is 7.54. The molecule has 0 N–H and O–H groups in total. The first kappa shape index (κ1) is 14.7. The average Bonchev–Trinajstić information content (AvgIpc) is 2.90. The zero-order chi connectivity index (χ0) is 14.8. The molecule has 3 rings (SSSR count). The molecule has 1 amide bonds. The van der Waals surface area contributed by atoms with Gasteiger partial charge in [-0.1, -0.05) is 11.6 Å². The molecule has 0 spiro atoms. The predicted octanol–water partition coefficient (Wildman–Crippen LogP) is 3.55. The molecule has 112 valence electrons. The van der Waals surface area contributed by atoms with Gasteiger partial charge in [-0.2, -0.15) is 11.8 Å². The van der Waals surface area contributed by atoms with Gasteiger partial charge >= 0.3 is 0 Å². The fraction of sp³-hybridized carbons (Fsp3) is 0.467. The first-order valence-electron chi connectivity index (χ1n) is 7.00. The first-order chi connectivity index (χ1) is 10.2. The maximum absolute atomic E-state index is 11.9. The van der Waals surface area contributed by atoms with Crippen LogP contribution < -0.4 is 0 Å². The molecule has 1 aliphatic rings. The zero-order valence-electron chi connectivity index (χ0n) is 11.8. The van der Waals surface area contributed by atoms with Crippen LogP contribution in [0.2, 0.25) is 5.02 Å². The summed E-state index contributed by atoms with van der Waals surface area (Å²) in [5, 5.41) is 0.667. The second-order valence-electron chi connectivity index (χ2n) is 5.25. The highest BCUT2D eigenvalue weighted by molar-refractivity contribution is 7.99. The molecule has 0 saturated carbocycles. The molecule has 0 unspecified atom stereocenters. The highest BCUT2D eigenvalue weighted by Crippen LogP contribution is 2.30. The molecule has 6 heteroatoms. The van der Waals surface area contributed by atoms with Crippen molar-refractivity contribution >= 4 is 40.4 Å². The number of aromatic nitrogens is 1. The van der Waals surface area contributed by atoms with Gasteiger partial charge in [-0.15, -0.1) is 0 Å². The standard InChI is InChI=1S/C15H17ClN2O2S/c1-21-9-14(19)18-6-4-10(5-7-18)15-17-12-8-11(16)2-3-13(12)20-15/h2-3,8,10H,4-7,9H2,1H3. The minimum atomic E-state index is 0.227. The highest BCUT2D eigenvalue weighted by Gasteiger charge is 2.26. The molecule has 1 fully saturated rings. The molecule has 21 heavy (non-hydrogen) atoms. The first-order valence-corrected chi connectivity index (χ1v) is 8.77. The molecular weight excluding hydrogens is 308 g/mol. The summed E-state index contributed by atoms with van der Waals surface area (Å²) in [7, 11) is 0. The maximum Gasteiger partial charge on any atom is 0.232 e. The molecule has 2 aromatic rings. The summed E-state index contributed by atoms with van der Waals surface area (Å²) in [6.45, 7) is 1.56. The van der Waals surface area contributed by atoms with E-state index in [1.807, 2.05) is 29.4 Å². The van der Waals surface area contributed by atoms with Crippen molar-refractivity contribution in [3.63, 3.8) is 0 Å². The van der Waals surface area contributed by atoms with Crippen molar-refractivity contribution in [2.45, 2.75) is 18.8 Å². The largest absolute Gasteiger partial charge is 0.440 e. The summed E-state index contributed by atoms with van der Waals surface area (Å²) in [5.74, 6) is 1.84. The van der Waals surface area contributed by atoms with Gasteiger partial charge in [0.25, 0.3) is 0 Å². The maximum atomic E-state index is 11.9. The van der Waals surface area contributed by atoms with E-state index in [0.717, 1.165) is 42.9 Å². The molecule has 1 saturated heterocycles. The van der Waals surface area contributed by atoms with E-state index in [9.17, 15) is 4.79 Å². The van der Waals surface area contributed by atoms with E-state index in [1.165, 1.54) is 0 Å². The smallest absolute Gasteiger partial charge is 0.232 e. The van der Waals surface area contributed by atoms with Crippen molar-refractivity contribution < 1.29 is 9.21 Å². The predicted molar refractivity (Wildman–Crippen MR) is 86.0 cm³/mol. The van der Waals surface area contributed by atoms with Crippen molar-refractivity contribution in [2.24, 2.45) is 0 Å². The van der Waals surface area contributed by atoms with Gasteiger partial charge in [0.1, 0.15) is 5.52 Å². The molecule has 1 aromatic carbocycles. The molecule has 0 aliphatic carbocycles. The Labute approximate surface area is 132 Å². The molecule has 2 heterocycles. The number of nitrogens with zero attached hydrogens (tertiary/aromatic N) is 2. The van der Waals surface area contributed by atoms with Crippen LogP contribution in [-0.2, 0) is 4.79 Å². The Kier molecular flexibility index (Phi) is 4.40. The Morgan fingerprint density at radius 3 is 2.95 bits per heavy atom. The van der Waals surface area contributed by atoms with E-state index < -0.39 is 0 Å². The van der Waals surface area contributed by atoms with Crippen LogP contribution in [0.1, 0.15) is 24.7 Å². The summed E-state index contributed by atoms with van der Waals surface area (Å²) in [6.07, 6.45) is 3.76. The number of hydrogen-bond donors (Lipinski definition) is 0. The minimum Gasteiger partial charge on any atom is -0.440 e. The number of thioether (sulfide) groups is 1. The number of carbonyl (C=O) groups excluding carboxylic acids is 1. The second-order valence-corrected chi connectivity index (χ2v) is 6.55. The lowest BCUT2D eigenvalue weighted by Crippen LogP contribution is -2.38. The number of carbonyl (C=O) groups is 1. The second kappa shape index (κ2) is 6.28. The third-order valence-corrected chi connectivity index (χ3v) is 4.60. The van der Waals surface area contributed by atoms with Crippen LogP contribution >= 0.6 is 23.4 Å². The molecule has 1 aromatic heterocycles. The Bertz CT molecular complexity index is 650. The van der Waals surface area contributed by atoms with Crippen LogP contribution in [0.5, 0.6) is 0 Å². The van der Waals surface area contributed by atoms with Crippen LogP contribution in [0, 0.1) is 0 Å². The molecule has 1 aliphatic heterocycles. The van der Waals surface area contributed by atoms with Gasteiger partial charge in [-0.3, -0.25) is 4.79 Å². The van der Waals surface area contributed by atoms with Crippen molar-refractivity contribution in [1.82, 2.24) is 9.88 Å². The summed E-state index contributed by atoms with van der Waals surface area (Å²) in [6, 6.07) is 5.48. The van der Waals surface area contributed by atoms with Crippen LogP contribution in [-0.4, -0.2) is 40.9 Å². The summed E-state index contributed by atoms with van der Waals surface area (Å²) in [4.78, 5) is 18.4. The molecule has 0 bridgehead atoms. The Hall–Kier alpha value is -1.20. The fourth-order valence-corrected chi connectivity index (χ4v) is 3.28. The van der Waals surface area contributed by atoms with E-state index >= 15 is 0 Å². The number of rotatable bonds is 3. The third kappa shape index (κ3) is 3.19. The quantitative estimate of drug-likeness (QED) is 0.866. The van der Waals surface area contributed by atoms with Crippen LogP contribution in [0.4, 0.5) is 0 Å². The number of halogens is 1.